The van der Waals surface area contributed by atoms with Crippen molar-refractivity contribution in [2.75, 3.05) is 5.32 Å². The number of nitrogens with zero attached hydrogens (tertiary/aromatic N) is 2. The van der Waals surface area contributed by atoms with Gasteiger partial charge in [0.1, 0.15) is 6.33 Å². The second kappa shape index (κ2) is 5.41. The normalized spacial score (nSPS) is 10.1. The zero-order valence-corrected chi connectivity index (χ0v) is 11.5. The Morgan fingerprint density at radius 3 is 2.75 bits per heavy atom. The molecule has 5 heteroatoms. The molecule has 0 saturated heterocycles. The Kier molecular flexibility index (Phi) is 3.90. The van der Waals surface area contributed by atoms with Crippen LogP contribution >= 0.6 is 31.9 Å². The predicted molar refractivity (Wildman–Crippen MR) is 71.2 cm³/mol. The fraction of sp³-hybridized carbons (Fsp3) is 0.0909. The number of anilines is 1. The average Bonchev–Trinajstić information content (AvgIpc) is 2.29. The Morgan fingerprint density at radius 1 is 1.19 bits per heavy atom. The summed E-state index contributed by atoms with van der Waals surface area (Å²) in [4.78, 5) is 8.02. The number of halogens is 2. The third-order valence-corrected chi connectivity index (χ3v) is 3.18. The molecule has 1 N–H and O–H groups in total. The quantitative estimate of drug-likeness (QED) is 0.925. The Morgan fingerprint density at radius 2 is 2.06 bits per heavy atom. The van der Waals surface area contributed by atoms with E-state index < -0.39 is 0 Å². The van der Waals surface area contributed by atoms with Crippen molar-refractivity contribution in [3.05, 3.63) is 51.4 Å². The molecule has 2 rings (SSSR count). The van der Waals surface area contributed by atoms with Crippen LogP contribution in [-0.2, 0) is 6.54 Å². The summed E-state index contributed by atoms with van der Waals surface area (Å²) in [6.07, 6.45) is 3.29. The van der Waals surface area contributed by atoms with Gasteiger partial charge in [0.05, 0.1) is 12.2 Å². The lowest BCUT2D eigenvalue weighted by atomic mass is 10.3. The summed E-state index contributed by atoms with van der Waals surface area (Å²) in [5, 5.41) is 3.30. The monoisotopic (exact) mass is 341 g/mol. The summed E-state index contributed by atoms with van der Waals surface area (Å²) in [5.74, 6) is 0. The molecule has 0 spiro atoms. The first-order chi connectivity index (χ1) is 7.75. The first kappa shape index (κ1) is 11.5. The second-order valence-corrected chi connectivity index (χ2v) is 4.95. The van der Waals surface area contributed by atoms with Gasteiger partial charge >= 0.3 is 0 Å². The molecular weight excluding hydrogens is 334 g/mol. The predicted octanol–water partition coefficient (Wildman–Crippen LogP) is 3.61. The number of hydrogen-bond acceptors (Lipinski definition) is 3. The van der Waals surface area contributed by atoms with E-state index in [9.17, 15) is 0 Å². The van der Waals surface area contributed by atoms with Crippen molar-refractivity contribution in [2.24, 2.45) is 0 Å². The topological polar surface area (TPSA) is 37.8 Å². The van der Waals surface area contributed by atoms with E-state index in [4.69, 9.17) is 0 Å². The average molecular weight is 343 g/mol. The fourth-order valence-electron chi connectivity index (χ4n) is 1.24. The molecule has 0 saturated carbocycles. The van der Waals surface area contributed by atoms with E-state index in [2.05, 4.69) is 47.1 Å². The lowest BCUT2D eigenvalue weighted by molar-refractivity contribution is 1.01. The molecule has 16 heavy (non-hydrogen) atoms. The molecule has 1 aromatic carbocycles. The van der Waals surface area contributed by atoms with Gasteiger partial charge in [-0.05, 0) is 40.2 Å². The van der Waals surface area contributed by atoms with Crippen LogP contribution in [0.3, 0.4) is 0 Å². The SMILES string of the molecule is Brc1ccc(NCc2ccncn2)c(Br)c1. The maximum atomic E-state index is 4.14. The highest BCUT2D eigenvalue weighted by atomic mass is 79.9. The molecule has 82 valence electrons. The molecule has 0 aliphatic heterocycles. The Hall–Kier alpha value is -0.940. The fourth-order valence-corrected chi connectivity index (χ4v) is 2.43. The maximum absolute atomic E-state index is 4.14. The van der Waals surface area contributed by atoms with Crippen LogP contribution in [0, 0.1) is 0 Å². The Balaban J connectivity index is 2.05. The molecule has 0 bridgehead atoms. The van der Waals surface area contributed by atoms with E-state index in [1.807, 2.05) is 24.3 Å². The molecular formula is C11H9Br2N3. The van der Waals surface area contributed by atoms with Gasteiger partial charge in [-0.15, -0.1) is 0 Å². The minimum atomic E-state index is 0.683. The summed E-state index contributed by atoms with van der Waals surface area (Å²) in [6.45, 7) is 0.683. The van der Waals surface area contributed by atoms with Gasteiger partial charge in [-0.25, -0.2) is 9.97 Å². The van der Waals surface area contributed by atoms with Crippen LogP contribution in [0.1, 0.15) is 5.69 Å². The van der Waals surface area contributed by atoms with Crippen LogP contribution < -0.4 is 5.32 Å². The summed E-state index contributed by atoms with van der Waals surface area (Å²) in [7, 11) is 0. The highest BCUT2D eigenvalue weighted by molar-refractivity contribution is 9.11. The Labute approximate surface area is 111 Å². The summed E-state index contributed by atoms with van der Waals surface area (Å²) in [5.41, 5.74) is 2.01. The second-order valence-electron chi connectivity index (χ2n) is 3.18. The molecule has 0 radical (unpaired) electrons. The van der Waals surface area contributed by atoms with Crippen LogP contribution in [-0.4, -0.2) is 9.97 Å². The number of nitrogens with one attached hydrogen (secondary N) is 1. The van der Waals surface area contributed by atoms with Crippen molar-refractivity contribution >= 4 is 37.5 Å². The number of rotatable bonds is 3. The lowest BCUT2D eigenvalue weighted by Gasteiger charge is -2.08. The Bertz CT molecular complexity index is 474. The van der Waals surface area contributed by atoms with Crippen molar-refractivity contribution in [2.45, 2.75) is 6.54 Å². The van der Waals surface area contributed by atoms with Crippen LogP contribution in [0.5, 0.6) is 0 Å². The first-order valence-corrected chi connectivity index (χ1v) is 6.28. The van der Waals surface area contributed by atoms with E-state index >= 15 is 0 Å². The van der Waals surface area contributed by atoms with Gasteiger partial charge in [-0.2, -0.15) is 0 Å². The van der Waals surface area contributed by atoms with Crippen LogP contribution in [0.15, 0.2) is 45.7 Å². The van der Waals surface area contributed by atoms with Crippen molar-refractivity contribution in [1.29, 1.82) is 0 Å². The van der Waals surface area contributed by atoms with Gasteiger partial charge in [-0.1, -0.05) is 15.9 Å². The van der Waals surface area contributed by atoms with E-state index in [-0.39, 0.29) is 0 Å². The van der Waals surface area contributed by atoms with Gasteiger partial charge < -0.3 is 5.32 Å². The number of benzene rings is 1. The minimum Gasteiger partial charge on any atom is -0.378 e. The third-order valence-electron chi connectivity index (χ3n) is 2.03. The summed E-state index contributed by atoms with van der Waals surface area (Å²) < 4.78 is 2.07. The van der Waals surface area contributed by atoms with E-state index in [0.29, 0.717) is 6.54 Å². The molecule has 0 amide bonds. The van der Waals surface area contributed by atoms with Crippen LogP contribution in [0.25, 0.3) is 0 Å². The van der Waals surface area contributed by atoms with Gasteiger partial charge in [-0.3, -0.25) is 0 Å². The smallest absolute Gasteiger partial charge is 0.115 e. The molecule has 0 aliphatic carbocycles. The number of aromatic nitrogens is 2. The number of hydrogen-bond donors (Lipinski definition) is 1. The van der Waals surface area contributed by atoms with E-state index in [1.165, 1.54) is 0 Å². The standard InChI is InChI=1S/C11H9Br2N3/c12-8-1-2-11(10(13)5-8)15-6-9-3-4-14-7-16-9/h1-5,7,15H,6H2. The molecule has 0 fully saturated rings. The molecule has 2 aromatic rings. The molecule has 1 aromatic heterocycles. The van der Waals surface area contributed by atoms with Gasteiger partial charge in [0.2, 0.25) is 0 Å². The molecule has 0 aliphatic rings. The van der Waals surface area contributed by atoms with Crippen molar-refractivity contribution in [3.63, 3.8) is 0 Å². The lowest BCUT2D eigenvalue weighted by Crippen LogP contribution is -2.01. The molecule has 3 nitrogen and oxygen atoms in total. The highest BCUT2D eigenvalue weighted by Gasteiger charge is 2.00. The highest BCUT2D eigenvalue weighted by Crippen LogP contribution is 2.26. The van der Waals surface area contributed by atoms with E-state index in [1.54, 1.807) is 12.5 Å². The van der Waals surface area contributed by atoms with Gasteiger partial charge in [0.25, 0.3) is 0 Å². The summed E-state index contributed by atoms with van der Waals surface area (Å²) >= 11 is 6.91. The van der Waals surface area contributed by atoms with Crippen molar-refractivity contribution < 1.29 is 0 Å². The largest absolute Gasteiger partial charge is 0.378 e. The third kappa shape index (κ3) is 3.02. The molecule has 1 heterocycles. The zero-order chi connectivity index (χ0) is 11.4. The summed E-state index contributed by atoms with van der Waals surface area (Å²) in [6, 6.07) is 7.89. The first-order valence-electron chi connectivity index (χ1n) is 4.69. The molecule has 0 unspecified atom stereocenters. The van der Waals surface area contributed by atoms with Gasteiger partial charge in [0.15, 0.2) is 0 Å². The maximum Gasteiger partial charge on any atom is 0.115 e. The minimum absolute atomic E-state index is 0.683. The van der Waals surface area contributed by atoms with Gasteiger partial charge in [0, 0.05) is 20.8 Å². The van der Waals surface area contributed by atoms with E-state index in [0.717, 1.165) is 20.3 Å². The van der Waals surface area contributed by atoms with Crippen molar-refractivity contribution in [1.82, 2.24) is 9.97 Å². The zero-order valence-electron chi connectivity index (χ0n) is 8.32. The molecule has 0 atom stereocenters. The van der Waals surface area contributed by atoms with Crippen LogP contribution in [0.4, 0.5) is 5.69 Å². The van der Waals surface area contributed by atoms with Crippen molar-refractivity contribution in [3.8, 4) is 0 Å². The van der Waals surface area contributed by atoms with Crippen LogP contribution in [0.2, 0.25) is 0 Å².